The summed E-state index contributed by atoms with van der Waals surface area (Å²) in [5.41, 5.74) is 5.91. The number of pyridine rings is 1. The van der Waals surface area contributed by atoms with Crippen LogP contribution < -0.4 is 14.8 Å². The predicted octanol–water partition coefficient (Wildman–Crippen LogP) is 5.06. The van der Waals surface area contributed by atoms with Crippen molar-refractivity contribution in [2.45, 2.75) is 19.1 Å². The molecule has 0 amide bonds. The monoisotopic (exact) mass is 396 g/mol. The molecular formula is C26H24N2O2. The number of hydrogen-bond acceptors (Lipinski definition) is 4. The lowest BCUT2D eigenvalue weighted by molar-refractivity contribution is 0.283. The molecule has 2 heterocycles. The Morgan fingerprint density at radius 1 is 0.933 bits per heavy atom. The number of methoxy groups -OCH3 is 1. The number of ether oxygens (including phenoxy) is 2. The fraction of sp³-hybridized carbons (Fsp3) is 0.192. The minimum absolute atomic E-state index is 0.0895. The Morgan fingerprint density at radius 3 is 2.63 bits per heavy atom. The van der Waals surface area contributed by atoms with Crippen LogP contribution in [0.15, 0.2) is 79.0 Å². The van der Waals surface area contributed by atoms with Crippen molar-refractivity contribution in [3.8, 4) is 11.5 Å². The lowest BCUT2D eigenvalue weighted by Crippen LogP contribution is -2.30. The molecule has 1 aromatic heterocycles. The fourth-order valence-electron chi connectivity index (χ4n) is 4.22. The van der Waals surface area contributed by atoms with Gasteiger partial charge in [-0.25, -0.2) is 0 Å². The molecule has 0 radical (unpaired) electrons. The molecule has 150 valence electrons. The molecule has 0 saturated carbocycles. The van der Waals surface area contributed by atoms with E-state index in [0.717, 1.165) is 35.5 Å². The van der Waals surface area contributed by atoms with Gasteiger partial charge in [-0.05, 0) is 52.9 Å². The standard InChI is InChI=1S/C26H24N2O2/c1-29-24-15-19-11-13-28-26(21-12-14-27-23-10-6-5-9-20(21)23)22(19)16-25(24)30-17-18-7-3-2-4-8-18/h2-10,12,14-16,26,28H,11,13,17H2,1H3. The summed E-state index contributed by atoms with van der Waals surface area (Å²) in [6.45, 7) is 1.42. The molecule has 1 N–H and O–H groups in total. The molecule has 4 nitrogen and oxygen atoms in total. The van der Waals surface area contributed by atoms with Crippen LogP contribution in [0.3, 0.4) is 0 Å². The first-order valence-corrected chi connectivity index (χ1v) is 10.3. The Kier molecular flexibility index (Phi) is 5.08. The van der Waals surface area contributed by atoms with E-state index >= 15 is 0 Å². The second-order valence-corrected chi connectivity index (χ2v) is 7.53. The minimum Gasteiger partial charge on any atom is -0.493 e. The van der Waals surface area contributed by atoms with Crippen molar-refractivity contribution in [2.24, 2.45) is 0 Å². The number of benzene rings is 3. The molecule has 30 heavy (non-hydrogen) atoms. The molecule has 1 unspecified atom stereocenters. The third kappa shape index (κ3) is 3.51. The SMILES string of the molecule is COc1cc2c(cc1OCc1ccccc1)C(c1ccnc3ccccc13)NCC2. The number of nitrogens with one attached hydrogen (secondary N) is 1. The van der Waals surface area contributed by atoms with Crippen LogP contribution in [0.25, 0.3) is 10.9 Å². The van der Waals surface area contributed by atoms with E-state index in [1.165, 1.54) is 22.1 Å². The summed E-state index contributed by atoms with van der Waals surface area (Å²) in [5, 5.41) is 4.87. The van der Waals surface area contributed by atoms with E-state index in [2.05, 4.69) is 58.8 Å². The molecule has 3 aromatic carbocycles. The molecule has 0 fully saturated rings. The molecule has 1 aliphatic rings. The Bertz CT molecular complexity index is 1170. The molecule has 1 aliphatic heterocycles. The van der Waals surface area contributed by atoms with Gasteiger partial charge in [0.1, 0.15) is 6.61 Å². The van der Waals surface area contributed by atoms with Crippen molar-refractivity contribution in [3.05, 3.63) is 101 Å². The van der Waals surface area contributed by atoms with Crippen molar-refractivity contribution in [2.75, 3.05) is 13.7 Å². The van der Waals surface area contributed by atoms with Crippen molar-refractivity contribution in [3.63, 3.8) is 0 Å². The lowest BCUT2D eigenvalue weighted by Gasteiger charge is -2.29. The number of nitrogens with zero attached hydrogens (tertiary/aromatic N) is 1. The van der Waals surface area contributed by atoms with Gasteiger partial charge in [-0.3, -0.25) is 4.98 Å². The summed E-state index contributed by atoms with van der Waals surface area (Å²) < 4.78 is 11.8. The maximum atomic E-state index is 6.19. The molecule has 0 aliphatic carbocycles. The van der Waals surface area contributed by atoms with Crippen LogP contribution in [0.1, 0.15) is 28.3 Å². The van der Waals surface area contributed by atoms with E-state index in [9.17, 15) is 0 Å². The Hall–Kier alpha value is -3.37. The molecular weight excluding hydrogens is 372 g/mol. The number of hydrogen-bond donors (Lipinski definition) is 1. The number of fused-ring (bicyclic) bond motifs is 2. The first kappa shape index (κ1) is 18.6. The van der Waals surface area contributed by atoms with Crippen molar-refractivity contribution in [1.29, 1.82) is 0 Å². The molecule has 4 aromatic rings. The largest absolute Gasteiger partial charge is 0.493 e. The first-order valence-electron chi connectivity index (χ1n) is 10.3. The number of rotatable bonds is 5. The summed E-state index contributed by atoms with van der Waals surface area (Å²) in [5.74, 6) is 1.55. The van der Waals surface area contributed by atoms with Crippen molar-refractivity contribution >= 4 is 10.9 Å². The quantitative estimate of drug-likeness (QED) is 0.512. The number of para-hydroxylation sites is 1. The van der Waals surface area contributed by atoms with Crippen LogP contribution in [0.2, 0.25) is 0 Å². The van der Waals surface area contributed by atoms with E-state index in [4.69, 9.17) is 9.47 Å². The zero-order chi connectivity index (χ0) is 20.3. The van der Waals surface area contributed by atoms with E-state index in [0.29, 0.717) is 6.61 Å². The highest BCUT2D eigenvalue weighted by molar-refractivity contribution is 5.83. The van der Waals surface area contributed by atoms with E-state index in [1.807, 2.05) is 30.5 Å². The highest BCUT2D eigenvalue weighted by atomic mass is 16.5. The second kappa shape index (κ2) is 8.17. The Morgan fingerprint density at radius 2 is 1.77 bits per heavy atom. The van der Waals surface area contributed by atoms with Gasteiger partial charge >= 0.3 is 0 Å². The van der Waals surface area contributed by atoms with Crippen LogP contribution in [0, 0.1) is 0 Å². The van der Waals surface area contributed by atoms with Gasteiger partial charge in [0, 0.05) is 18.1 Å². The second-order valence-electron chi connectivity index (χ2n) is 7.53. The Labute approximate surface area is 176 Å². The normalized spacial score (nSPS) is 15.6. The third-order valence-corrected chi connectivity index (χ3v) is 5.71. The van der Waals surface area contributed by atoms with Crippen LogP contribution in [-0.4, -0.2) is 18.6 Å². The average molecular weight is 396 g/mol. The topological polar surface area (TPSA) is 43.4 Å². The molecule has 0 bridgehead atoms. The van der Waals surface area contributed by atoms with Gasteiger partial charge in [0.15, 0.2) is 11.5 Å². The molecule has 0 saturated heterocycles. The zero-order valence-electron chi connectivity index (χ0n) is 17.0. The van der Waals surface area contributed by atoms with Crippen LogP contribution in [0.4, 0.5) is 0 Å². The number of aromatic nitrogens is 1. The van der Waals surface area contributed by atoms with Crippen molar-refractivity contribution in [1.82, 2.24) is 10.3 Å². The zero-order valence-corrected chi connectivity index (χ0v) is 17.0. The molecule has 0 spiro atoms. The minimum atomic E-state index is 0.0895. The highest BCUT2D eigenvalue weighted by Gasteiger charge is 2.25. The van der Waals surface area contributed by atoms with Crippen molar-refractivity contribution < 1.29 is 9.47 Å². The predicted molar refractivity (Wildman–Crippen MR) is 119 cm³/mol. The summed E-state index contributed by atoms with van der Waals surface area (Å²) >= 11 is 0. The molecule has 5 rings (SSSR count). The van der Waals surface area contributed by atoms with E-state index < -0.39 is 0 Å². The van der Waals surface area contributed by atoms with Gasteiger partial charge < -0.3 is 14.8 Å². The fourth-order valence-corrected chi connectivity index (χ4v) is 4.22. The van der Waals surface area contributed by atoms with Crippen LogP contribution in [-0.2, 0) is 13.0 Å². The highest BCUT2D eigenvalue weighted by Crippen LogP contribution is 2.39. The van der Waals surface area contributed by atoms with Gasteiger partial charge in [-0.2, -0.15) is 0 Å². The van der Waals surface area contributed by atoms with Crippen LogP contribution >= 0.6 is 0 Å². The van der Waals surface area contributed by atoms with Crippen LogP contribution in [0.5, 0.6) is 11.5 Å². The van der Waals surface area contributed by atoms with Gasteiger partial charge in [0.2, 0.25) is 0 Å². The maximum absolute atomic E-state index is 6.19. The maximum Gasteiger partial charge on any atom is 0.162 e. The molecule has 4 heteroatoms. The van der Waals surface area contributed by atoms with Gasteiger partial charge in [-0.1, -0.05) is 48.5 Å². The van der Waals surface area contributed by atoms with Gasteiger partial charge in [-0.15, -0.1) is 0 Å². The Balaban J connectivity index is 1.55. The summed E-state index contributed by atoms with van der Waals surface area (Å²) in [6.07, 6.45) is 2.86. The van der Waals surface area contributed by atoms with Gasteiger partial charge in [0.25, 0.3) is 0 Å². The summed E-state index contributed by atoms with van der Waals surface area (Å²) in [6, 6.07) is 25.0. The summed E-state index contributed by atoms with van der Waals surface area (Å²) in [7, 11) is 1.70. The average Bonchev–Trinajstić information content (AvgIpc) is 2.82. The summed E-state index contributed by atoms with van der Waals surface area (Å²) in [4.78, 5) is 4.53. The smallest absolute Gasteiger partial charge is 0.162 e. The van der Waals surface area contributed by atoms with E-state index in [1.54, 1.807) is 7.11 Å². The molecule has 1 atom stereocenters. The van der Waals surface area contributed by atoms with E-state index in [-0.39, 0.29) is 6.04 Å². The first-order chi connectivity index (χ1) is 14.8. The third-order valence-electron chi connectivity index (χ3n) is 5.71. The lowest BCUT2D eigenvalue weighted by atomic mass is 9.88. The van der Waals surface area contributed by atoms with Gasteiger partial charge in [0.05, 0.1) is 18.7 Å².